The Morgan fingerprint density at radius 2 is 1.79 bits per heavy atom. The summed E-state index contributed by atoms with van der Waals surface area (Å²) in [4.78, 5) is 0. The second-order valence-corrected chi connectivity index (χ2v) is 4.07. The summed E-state index contributed by atoms with van der Waals surface area (Å²) in [5.74, 6) is 0.917. The van der Waals surface area contributed by atoms with Crippen LogP contribution in [-0.4, -0.2) is 6.61 Å². The highest BCUT2D eigenvalue weighted by molar-refractivity contribution is 5.67. The molecule has 1 heterocycles. The molecule has 0 saturated heterocycles. The van der Waals surface area contributed by atoms with Gasteiger partial charge in [-0.1, -0.05) is 12.1 Å². The number of aromatic nitrogens is 1. The Labute approximate surface area is 131 Å². The molecule has 0 aliphatic heterocycles. The number of aryl methyl sites for hydroxylation is 1. The lowest BCUT2D eigenvalue weighted by Crippen LogP contribution is -3.00. The van der Waals surface area contributed by atoms with Crippen molar-refractivity contribution >= 4 is 12.2 Å². The Balaban J connectivity index is 0.00000180. The van der Waals surface area contributed by atoms with Crippen LogP contribution >= 0.6 is 0 Å². The van der Waals surface area contributed by atoms with Gasteiger partial charge in [-0.25, -0.2) is 4.57 Å². The van der Waals surface area contributed by atoms with E-state index in [1.54, 1.807) is 0 Å². The van der Waals surface area contributed by atoms with Crippen LogP contribution < -0.4 is 33.3 Å². The van der Waals surface area contributed by atoms with Gasteiger partial charge in [0.15, 0.2) is 6.20 Å². The summed E-state index contributed by atoms with van der Waals surface area (Å²) < 4.78 is 7.50. The van der Waals surface area contributed by atoms with Gasteiger partial charge in [0.2, 0.25) is 5.69 Å². The zero-order chi connectivity index (χ0) is 12.8. The van der Waals surface area contributed by atoms with Crippen LogP contribution in [0.25, 0.3) is 12.2 Å². The first-order valence-corrected chi connectivity index (χ1v) is 6.15. The zero-order valence-electron chi connectivity index (χ0n) is 11.2. The maximum absolute atomic E-state index is 5.41. The minimum atomic E-state index is 0. The van der Waals surface area contributed by atoms with Gasteiger partial charge in [-0.3, -0.25) is 0 Å². The van der Waals surface area contributed by atoms with Crippen molar-refractivity contribution in [2.24, 2.45) is 7.05 Å². The summed E-state index contributed by atoms with van der Waals surface area (Å²) >= 11 is 0. The molecule has 0 unspecified atom stereocenters. The van der Waals surface area contributed by atoms with E-state index in [-0.39, 0.29) is 24.0 Å². The maximum Gasteiger partial charge on any atom is 0.204 e. The fourth-order valence-corrected chi connectivity index (χ4v) is 1.73. The number of halogens is 1. The van der Waals surface area contributed by atoms with E-state index in [9.17, 15) is 0 Å². The molecule has 3 heteroatoms. The van der Waals surface area contributed by atoms with Gasteiger partial charge in [-0.2, -0.15) is 0 Å². The van der Waals surface area contributed by atoms with Gasteiger partial charge < -0.3 is 28.7 Å². The lowest BCUT2D eigenvalue weighted by Gasteiger charge is -2.02. The number of hydrogen-bond donors (Lipinski definition) is 0. The molecule has 0 amide bonds. The van der Waals surface area contributed by atoms with Crippen molar-refractivity contribution in [3.63, 3.8) is 0 Å². The van der Waals surface area contributed by atoms with Crippen LogP contribution in [0.15, 0.2) is 48.7 Å². The number of rotatable bonds is 4. The molecule has 0 atom stereocenters. The van der Waals surface area contributed by atoms with E-state index in [1.165, 1.54) is 11.3 Å². The first-order chi connectivity index (χ1) is 8.79. The molecule has 0 spiro atoms. The average molecular weight is 367 g/mol. The number of hydrogen-bond acceptors (Lipinski definition) is 1. The fourth-order valence-electron chi connectivity index (χ4n) is 1.73. The Morgan fingerprint density at radius 1 is 1.05 bits per heavy atom. The van der Waals surface area contributed by atoms with Crippen LogP contribution in [-0.2, 0) is 7.05 Å². The predicted molar refractivity (Wildman–Crippen MR) is 74.2 cm³/mol. The molecule has 0 fully saturated rings. The number of benzene rings is 1. The van der Waals surface area contributed by atoms with Crippen LogP contribution in [0.4, 0.5) is 0 Å². The summed E-state index contributed by atoms with van der Waals surface area (Å²) in [5, 5.41) is 0. The zero-order valence-corrected chi connectivity index (χ0v) is 13.4. The molecular weight excluding hydrogens is 349 g/mol. The highest BCUT2D eigenvalue weighted by atomic mass is 127. The molecule has 0 radical (unpaired) electrons. The third-order valence-electron chi connectivity index (χ3n) is 2.73. The molecule has 0 aliphatic rings. The van der Waals surface area contributed by atoms with Crippen LogP contribution in [0.2, 0.25) is 0 Å². The summed E-state index contributed by atoms with van der Waals surface area (Å²) in [6.45, 7) is 2.69. The van der Waals surface area contributed by atoms with Crippen molar-refractivity contribution in [1.29, 1.82) is 0 Å². The van der Waals surface area contributed by atoms with Gasteiger partial charge in [-0.05, 0) is 36.8 Å². The summed E-state index contributed by atoms with van der Waals surface area (Å²) in [6, 6.07) is 14.3. The van der Waals surface area contributed by atoms with E-state index >= 15 is 0 Å². The lowest BCUT2D eigenvalue weighted by atomic mass is 10.2. The number of ether oxygens (including phenoxy) is 1. The maximum atomic E-state index is 5.41. The van der Waals surface area contributed by atoms with Crippen molar-refractivity contribution < 1.29 is 33.3 Å². The lowest BCUT2D eigenvalue weighted by molar-refractivity contribution is -0.673. The van der Waals surface area contributed by atoms with Gasteiger partial charge in [0.25, 0.3) is 0 Å². The molecular formula is C16H18INO. The van der Waals surface area contributed by atoms with Gasteiger partial charge >= 0.3 is 0 Å². The topological polar surface area (TPSA) is 13.1 Å². The van der Waals surface area contributed by atoms with Crippen molar-refractivity contribution in [3.05, 3.63) is 59.9 Å². The van der Waals surface area contributed by atoms with Gasteiger partial charge in [0.05, 0.1) is 6.61 Å². The Morgan fingerprint density at radius 3 is 2.42 bits per heavy atom. The monoisotopic (exact) mass is 367 g/mol. The molecule has 0 aliphatic carbocycles. The molecule has 1 aromatic carbocycles. The predicted octanol–water partition coefficient (Wildman–Crippen LogP) is 0.0842. The molecule has 2 rings (SSSR count). The highest BCUT2D eigenvalue weighted by Gasteiger charge is 1.98. The average Bonchev–Trinajstić information content (AvgIpc) is 2.40. The van der Waals surface area contributed by atoms with Crippen LogP contribution in [0.5, 0.6) is 5.75 Å². The van der Waals surface area contributed by atoms with Gasteiger partial charge in [0.1, 0.15) is 12.8 Å². The normalized spacial score (nSPS) is 10.2. The summed E-state index contributed by atoms with van der Waals surface area (Å²) in [5.41, 5.74) is 2.34. The van der Waals surface area contributed by atoms with Gasteiger partial charge in [0, 0.05) is 18.2 Å². The minimum Gasteiger partial charge on any atom is -1.00 e. The number of nitrogens with zero attached hydrogens (tertiary/aromatic N) is 1. The van der Waals surface area contributed by atoms with E-state index in [1.807, 2.05) is 44.4 Å². The van der Waals surface area contributed by atoms with Crippen molar-refractivity contribution in [2.45, 2.75) is 6.92 Å². The summed E-state index contributed by atoms with van der Waals surface area (Å²) in [7, 11) is 2.04. The Hall–Kier alpha value is -1.36. The van der Waals surface area contributed by atoms with Gasteiger partial charge in [-0.15, -0.1) is 0 Å². The molecule has 0 N–H and O–H groups in total. The second-order valence-electron chi connectivity index (χ2n) is 4.07. The van der Waals surface area contributed by atoms with Crippen molar-refractivity contribution in [3.8, 4) is 5.75 Å². The van der Waals surface area contributed by atoms with E-state index in [2.05, 4.69) is 34.9 Å². The fraction of sp³-hybridized carbons (Fsp3) is 0.188. The highest BCUT2D eigenvalue weighted by Crippen LogP contribution is 2.13. The molecule has 2 nitrogen and oxygen atoms in total. The first kappa shape index (κ1) is 15.7. The third-order valence-corrected chi connectivity index (χ3v) is 2.73. The smallest absolute Gasteiger partial charge is 0.204 e. The summed E-state index contributed by atoms with van der Waals surface area (Å²) in [6.07, 6.45) is 6.25. The molecule has 1 aromatic heterocycles. The third kappa shape index (κ3) is 4.67. The van der Waals surface area contributed by atoms with Crippen molar-refractivity contribution in [2.75, 3.05) is 6.61 Å². The largest absolute Gasteiger partial charge is 1.00 e. The Bertz CT molecular complexity index is 535. The van der Waals surface area contributed by atoms with E-state index in [0.717, 1.165) is 5.75 Å². The molecule has 100 valence electrons. The SMILES string of the molecule is CCOc1ccc(/C=C/c2cccc[n+]2C)cc1.[I-]. The van der Waals surface area contributed by atoms with Crippen LogP contribution in [0, 0.1) is 0 Å². The molecule has 2 aromatic rings. The second kappa shape index (κ2) is 7.94. The van der Waals surface area contributed by atoms with E-state index in [4.69, 9.17) is 4.74 Å². The molecule has 19 heavy (non-hydrogen) atoms. The quantitative estimate of drug-likeness (QED) is 0.552. The first-order valence-electron chi connectivity index (χ1n) is 6.15. The number of pyridine rings is 1. The van der Waals surface area contributed by atoms with Crippen LogP contribution in [0.1, 0.15) is 18.2 Å². The van der Waals surface area contributed by atoms with E-state index in [0.29, 0.717) is 6.61 Å². The molecule has 0 saturated carbocycles. The molecule has 0 bridgehead atoms. The van der Waals surface area contributed by atoms with Crippen molar-refractivity contribution in [1.82, 2.24) is 0 Å². The minimum absolute atomic E-state index is 0. The van der Waals surface area contributed by atoms with Crippen LogP contribution in [0.3, 0.4) is 0 Å². The Kier molecular flexibility index (Phi) is 6.56. The van der Waals surface area contributed by atoms with E-state index < -0.39 is 0 Å². The standard InChI is InChI=1S/C16H18NO.HI/c1-3-18-16-11-8-14(9-12-16)7-10-15-6-4-5-13-17(15)2;/h4-13H,3H2,1-2H3;1H/q+1;/p-1/b10-7+;.